The van der Waals surface area contributed by atoms with E-state index in [1.165, 1.54) is 0 Å². The summed E-state index contributed by atoms with van der Waals surface area (Å²) < 4.78 is 2.22. The van der Waals surface area contributed by atoms with Crippen molar-refractivity contribution in [3.05, 3.63) is 18.2 Å². The van der Waals surface area contributed by atoms with Gasteiger partial charge in [-0.05, 0) is 13.5 Å². The lowest BCUT2D eigenvalue weighted by Gasteiger charge is -2.37. The highest BCUT2D eigenvalue weighted by Gasteiger charge is 2.22. The Bertz CT molecular complexity index is 303. The summed E-state index contributed by atoms with van der Waals surface area (Å²) in [6.45, 7) is 9.91. The molecule has 0 aromatic carbocycles. The maximum atomic E-state index is 4.23. The van der Waals surface area contributed by atoms with Crippen molar-refractivity contribution in [2.75, 3.05) is 26.2 Å². The fourth-order valence-corrected chi connectivity index (χ4v) is 2.01. The Kier molecular flexibility index (Phi) is 3.38. The Hall–Kier alpha value is -0.870. The summed E-state index contributed by atoms with van der Waals surface area (Å²) in [5, 5.41) is 3.32. The Morgan fingerprint density at radius 1 is 1.60 bits per heavy atom. The molecule has 1 aliphatic heterocycles. The molecule has 0 aliphatic carbocycles. The zero-order chi connectivity index (χ0) is 10.7. The minimum atomic E-state index is 0.749. The molecule has 0 radical (unpaired) electrons. The number of imidazole rings is 1. The van der Waals surface area contributed by atoms with E-state index in [2.05, 4.69) is 39.8 Å². The lowest BCUT2D eigenvalue weighted by Crippen LogP contribution is -2.57. The van der Waals surface area contributed by atoms with Crippen molar-refractivity contribution >= 4 is 0 Å². The van der Waals surface area contributed by atoms with Gasteiger partial charge in [0.15, 0.2) is 0 Å². The second-order valence-electron chi connectivity index (χ2n) is 4.11. The van der Waals surface area contributed by atoms with Gasteiger partial charge in [-0.3, -0.25) is 4.90 Å². The smallest absolute Gasteiger partial charge is 0.105 e. The van der Waals surface area contributed by atoms with E-state index in [4.69, 9.17) is 0 Å². The van der Waals surface area contributed by atoms with E-state index < -0.39 is 0 Å². The molecule has 1 aromatic rings. The molecule has 15 heavy (non-hydrogen) atoms. The predicted molar refractivity (Wildman–Crippen MR) is 60.9 cm³/mol. The molecule has 0 unspecified atom stereocenters. The van der Waals surface area contributed by atoms with Gasteiger partial charge in [-0.1, -0.05) is 6.92 Å². The summed E-state index contributed by atoms with van der Waals surface area (Å²) in [7, 11) is 0. The molecular formula is C11H20N4. The van der Waals surface area contributed by atoms with Crippen molar-refractivity contribution in [2.24, 2.45) is 0 Å². The van der Waals surface area contributed by atoms with Gasteiger partial charge in [0.2, 0.25) is 0 Å². The molecular weight excluding hydrogens is 188 g/mol. The fourth-order valence-electron chi connectivity index (χ4n) is 2.01. The first-order valence-corrected chi connectivity index (χ1v) is 5.73. The average Bonchev–Trinajstić information content (AvgIpc) is 2.55. The second-order valence-corrected chi connectivity index (χ2v) is 4.11. The van der Waals surface area contributed by atoms with Gasteiger partial charge < -0.3 is 9.88 Å². The van der Waals surface area contributed by atoms with Gasteiger partial charge in [0.25, 0.3) is 0 Å². The zero-order valence-corrected chi connectivity index (χ0v) is 9.61. The number of nitrogens with zero attached hydrogens (tertiary/aromatic N) is 3. The first-order chi connectivity index (χ1) is 7.31. The van der Waals surface area contributed by atoms with E-state index in [1.807, 2.05) is 6.20 Å². The van der Waals surface area contributed by atoms with Gasteiger partial charge in [-0.25, -0.2) is 4.98 Å². The first kappa shape index (κ1) is 10.6. The molecule has 1 N–H and O–H groups in total. The van der Waals surface area contributed by atoms with Crippen molar-refractivity contribution in [2.45, 2.75) is 26.4 Å². The lowest BCUT2D eigenvalue weighted by atomic mass is 10.1. The van der Waals surface area contributed by atoms with Crippen molar-refractivity contribution in [3.63, 3.8) is 0 Å². The number of likely N-dealkylation sites (N-methyl/N-ethyl adjacent to an activating group) is 1. The monoisotopic (exact) mass is 208 g/mol. The summed E-state index contributed by atoms with van der Waals surface area (Å²) >= 11 is 0. The highest BCUT2D eigenvalue weighted by molar-refractivity contribution is 4.89. The third-order valence-electron chi connectivity index (χ3n) is 3.23. The quantitative estimate of drug-likeness (QED) is 0.764. The third kappa shape index (κ3) is 2.38. The standard InChI is InChI=1S/C11H20N4/c1-3-14(11-8-12-9-11)6-7-15-5-4-13-10(15)2/h4-5,11-12H,3,6-9H2,1-2H3. The summed E-state index contributed by atoms with van der Waals surface area (Å²) in [6, 6.07) is 0.749. The molecule has 1 fully saturated rings. The number of aromatic nitrogens is 2. The molecule has 0 atom stereocenters. The van der Waals surface area contributed by atoms with Crippen LogP contribution < -0.4 is 5.32 Å². The molecule has 0 amide bonds. The zero-order valence-electron chi connectivity index (χ0n) is 9.61. The van der Waals surface area contributed by atoms with Crippen molar-refractivity contribution in [1.29, 1.82) is 0 Å². The molecule has 2 heterocycles. The van der Waals surface area contributed by atoms with Gasteiger partial charge in [-0.15, -0.1) is 0 Å². The van der Waals surface area contributed by atoms with Crippen LogP contribution in [0.1, 0.15) is 12.7 Å². The summed E-state index contributed by atoms with van der Waals surface area (Å²) in [5.74, 6) is 1.11. The molecule has 84 valence electrons. The molecule has 1 saturated heterocycles. The highest BCUT2D eigenvalue weighted by Crippen LogP contribution is 2.05. The molecule has 4 nitrogen and oxygen atoms in total. The predicted octanol–water partition coefficient (Wildman–Crippen LogP) is 0.485. The van der Waals surface area contributed by atoms with Gasteiger partial charge in [0.1, 0.15) is 5.82 Å². The van der Waals surface area contributed by atoms with Crippen molar-refractivity contribution < 1.29 is 0 Å². The van der Waals surface area contributed by atoms with Crippen LogP contribution in [-0.4, -0.2) is 46.7 Å². The molecule has 0 bridgehead atoms. The number of hydrogen-bond acceptors (Lipinski definition) is 3. The largest absolute Gasteiger partial charge is 0.334 e. The molecule has 0 spiro atoms. The van der Waals surface area contributed by atoms with Gasteiger partial charge in [0, 0.05) is 44.6 Å². The van der Waals surface area contributed by atoms with Gasteiger partial charge >= 0.3 is 0 Å². The minimum Gasteiger partial charge on any atom is -0.334 e. The highest BCUT2D eigenvalue weighted by atomic mass is 15.2. The van der Waals surface area contributed by atoms with Crippen molar-refractivity contribution in [1.82, 2.24) is 19.8 Å². The molecule has 1 aliphatic rings. The van der Waals surface area contributed by atoms with Gasteiger partial charge in [0.05, 0.1) is 0 Å². The van der Waals surface area contributed by atoms with Gasteiger partial charge in [-0.2, -0.15) is 0 Å². The fraction of sp³-hybridized carbons (Fsp3) is 0.727. The Balaban J connectivity index is 1.83. The van der Waals surface area contributed by atoms with E-state index in [-0.39, 0.29) is 0 Å². The van der Waals surface area contributed by atoms with Crippen LogP contribution in [0.4, 0.5) is 0 Å². The number of aryl methyl sites for hydroxylation is 1. The summed E-state index contributed by atoms with van der Waals surface area (Å²) in [4.78, 5) is 6.77. The average molecular weight is 208 g/mol. The van der Waals surface area contributed by atoms with Crippen LogP contribution in [0.3, 0.4) is 0 Å². The summed E-state index contributed by atoms with van der Waals surface area (Å²) in [5.41, 5.74) is 0. The normalized spacial score (nSPS) is 17.0. The maximum absolute atomic E-state index is 4.23. The Labute approximate surface area is 91.3 Å². The molecule has 4 heteroatoms. The molecule has 2 rings (SSSR count). The van der Waals surface area contributed by atoms with Crippen molar-refractivity contribution in [3.8, 4) is 0 Å². The van der Waals surface area contributed by atoms with E-state index >= 15 is 0 Å². The topological polar surface area (TPSA) is 33.1 Å². The van der Waals surface area contributed by atoms with Crippen LogP contribution in [0.5, 0.6) is 0 Å². The van der Waals surface area contributed by atoms with Crippen LogP contribution in [-0.2, 0) is 6.54 Å². The Morgan fingerprint density at radius 3 is 2.87 bits per heavy atom. The summed E-state index contributed by atoms with van der Waals surface area (Å²) in [6.07, 6.45) is 3.93. The number of hydrogen-bond donors (Lipinski definition) is 1. The van der Waals surface area contributed by atoms with Crippen LogP contribution in [0.25, 0.3) is 0 Å². The number of rotatable bonds is 5. The third-order valence-corrected chi connectivity index (χ3v) is 3.23. The molecule has 1 aromatic heterocycles. The van der Waals surface area contributed by atoms with Crippen LogP contribution >= 0.6 is 0 Å². The van der Waals surface area contributed by atoms with E-state index in [9.17, 15) is 0 Å². The minimum absolute atomic E-state index is 0.749. The van der Waals surface area contributed by atoms with E-state index in [0.717, 1.165) is 44.6 Å². The first-order valence-electron chi connectivity index (χ1n) is 5.73. The molecule has 0 saturated carbocycles. The van der Waals surface area contributed by atoms with Crippen LogP contribution in [0.2, 0.25) is 0 Å². The maximum Gasteiger partial charge on any atom is 0.105 e. The second kappa shape index (κ2) is 4.77. The van der Waals surface area contributed by atoms with Crippen LogP contribution in [0, 0.1) is 6.92 Å². The van der Waals surface area contributed by atoms with E-state index in [0.29, 0.717) is 0 Å². The Morgan fingerprint density at radius 2 is 2.40 bits per heavy atom. The van der Waals surface area contributed by atoms with Crippen LogP contribution in [0.15, 0.2) is 12.4 Å². The SMILES string of the molecule is CCN(CCn1ccnc1C)C1CNC1. The number of nitrogens with one attached hydrogen (secondary N) is 1. The van der Waals surface area contributed by atoms with E-state index in [1.54, 1.807) is 0 Å². The lowest BCUT2D eigenvalue weighted by molar-refractivity contribution is 0.147.